The molecule has 1 N–H and O–H groups in total. The number of aliphatic hydroxyl groups is 1. The van der Waals surface area contributed by atoms with Gasteiger partial charge < -0.3 is 14.9 Å². The summed E-state index contributed by atoms with van der Waals surface area (Å²) >= 11 is 0. The quantitative estimate of drug-likeness (QED) is 0.629. The van der Waals surface area contributed by atoms with Crippen molar-refractivity contribution in [3.63, 3.8) is 0 Å². The summed E-state index contributed by atoms with van der Waals surface area (Å²) in [5.74, 6) is -0.981. The Morgan fingerprint density at radius 1 is 1.42 bits per heavy atom. The normalized spacial score (nSPS) is 13.7. The number of rotatable bonds is 5. The van der Waals surface area contributed by atoms with Crippen molar-refractivity contribution in [1.82, 2.24) is 0 Å². The first kappa shape index (κ1) is 13.3. The van der Waals surface area contributed by atoms with Crippen LogP contribution in [0.5, 0.6) is 0 Å². The van der Waals surface area contributed by atoms with Crippen LogP contribution < -0.4 is 9.80 Å². The lowest BCUT2D eigenvalue weighted by atomic mass is 10.1. The van der Waals surface area contributed by atoms with Crippen molar-refractivity contribution in [1.29, 1.82) is 0 Å². The van der Waals surface area contributed by atoms with Crippen molar-refractivity contribution < 1.29 is 14.7 Å². The molecule has 19 heavy (non-hydrogen) atoms. The molecule has 0 atom stereocenters. The molecule has 5 heteroatoms. The molecule has 0 radical (unpaired) electrons. The van der Waals surface area contributed by atoms with Gasteiger partial charge in [0.15, 0.2) is 0 Å². The van der Waals surface area contributed by atoms with Gasteiger partial charge >= 0.3 is 0 Å². The Bertz CT molecular complexity index is 539. The summed E-state index contributed by atoms with van der Waals surface area (Å²) in [7, 11) is 1.58. The van der Waals surface area contributed by atoms with Crippen LogP contribution in [0, 0.1) is 0 Å². The highest BCUT2D eigenvalue weighted by Crippen LogP contribution is 2.31. The minimum atomic E-state index is -0.510. The van der Waals surface area contributed by atoms with Gasteiger partial charge in [0.25, 0.3) is 11.7 Å². The molecular weight excluding hydrogens is 244 g/mol. The number of carbonyl (C=O) groups excluding carboxylic acids is 2. The number of carbonyl (C=O) groups is 2. The fourth-order valence-electron chi connectivity index (χ4n) is 2.17. The molecule has 0 spiro atoms. The summed E-state index contributed by atoms with van der Waals surface area (Å²) in [5, 5.41) is 9.06. The predicted octanol–water partition coefficient (Wildman–Crippen LogP) is 0.830. The highest BCUT2D eigenvalue weighted by atomic mass is 16.3. The molecule has 0 saturated carbocycles. The molecular formula is C14H16N2O3. The molecule has 1 amide bonds. The number of fused-ring (bicyclic) bond motifs is 1. The van der Waals surface area contributed by atoms with Crippen molar-refractivity contribution in [2.24, 2.45) is 0 Å². The summed E-state index contributed by atoms with van der Waals surface area (Å²) in [4.78, 5) is 26.6. The van der Waals surface area contributed by atoms with Crippen molar-refractivity contribution in [3.8, 4) is 0 Å². The topological polar surface area (TPSA) is 60.9 Å². The summed E-state index contributed by atoms with van der Waals surface area (Å²) in [6, 6.07) is 5.22. The number of anilines is 2. The Hall–Kier alpha value is -2.14. The number of aliphatic hydroxyl groups excluding tert-OH is 1. The maximum Gasteiger partial charge on any atom is 0.299 e. The second-order valence-electron chi connectivity index (χ2n) is 4.35. The number of hydrogen-bond donors (Lipinski definition) is 1. The van der Waals surface area contributed by atoms with Gasteiger partial charge in [-0.15, -0.1) is 6.58 Å². The number of benzene rings is 1. The molecule has 0 unspecified atom stereocenters. The number of Topliss-reactive ketones (excluding diaryl/α,β-unsaturated/α-hetero) is 1. The van der Waals surface area contributed by atoms with E-state index in [-0.39, 0.29) is 6.61 Å². The van der Waals surface area contributed by atoms with Crippen molar-refractivity contribution >= 4 is 23.1 Å². The van der Waals surface area contributed by atoms with Gasteiger partial charge in [0.1, 0.15) is 0 Å². The van der Waals surface area contributed by atoms with Crippen molar-refractivity contribution in [2.75, 3.05) is 36.5 Å². The monoisotopic (exact) mass is 260 g/mol. The van der Waals surface area contributed by atoms with Crippen LogP contribution in [-0.4, -0.2) is 43.5 Å². The second kappa shape index (κ2) is 5.24. The molecule has 1 heterocycles. The van der Waals surface area contributed by atoms with E-state index in [1.54, 1.807) is 31.3 Å². The Morgan fingerprint density at radius 3 is 2.79 bits per heavy atom. The number of ketones is 1. The van der Waals surface area contributed by atoms with Gasteiger partial charge in [-0.1, -0.05) is 6.08 Å². The Labute approximate surface area is 111 Å². The maximum absolute atomic E-state index is 11.7. The average Bonchev–Trinajstić information content (AvgIpc) is 2.63. The van der Waals surface area contributed by atoms with Gasteiger partial charge in [-0.2, -0.15) is 0 Å². The van der Waals surface area contributed by atoms with E-state index in [1.807, 2.05) is 4.90 Å². The predicted molar refractivity (Wildman–Crippen MR) is 73.7 cm³/mol. The third kappa shape index (κ3) is 2.24. The zero-order valence-electron chi connectivity index (χ0n) is 10.8. The van der Waals surface area contributed by atoms with E-state index in [0.29, 0.717) is 24.3 Å². The first-order chi connectivity index (χ1) is 9.10. The molecule has 2 rings (SSSR count). The largest absolute Gasteiger partial charge is 0.395 e. The molecule has 0 aromatic heterocycles. The van der Waals surface area contributed by atoms with E-state index < -0.39 is 11.7 Å². The van der Waals surface area contributed by atoms with Crippen LogP contribution in [0.15, 0.2) is 30.9 Å². The van der Waals surface area contributed by atoms with Gasteiger partial charge in [-0.3, -0.25) is 9.59 Å². The van der Waals surface area contributed by atoms with Crippen molar-refractivity contribution in [3.05, 3.63) is 36.4 Å². The smallest absolute Gasteiger partial charge is 0.299 e. The minimum absolute atomic E-state index is 0.0264. The lowest BCUT2D eigenvalue weighted by Crippen LogP contribution is -2.27. The number of likely N-dealkylation sites (N-methyl/N-ethyl adjacent to an activating group) is 1. The molecule has 0 fully saturated rings. The molecule has 0 bridgehead atoms. The summed E-state index contributed by atoms with van der Waals surface area (Å²) in [6.45, 7) is 4.76. The van der Waals surface area contributed by atoms with Crippen LogP contribution in [0.2, 0.25) is 0 Å². The lowest BCUT2D eigenvalue weighted by Gasteiger charge is -2.23. The van der Waals surface area contributed by atoms with Gasteiger partial charge in [-0.25, -0.2) is 0 Å². The van der Waals surface area contributed by atoms with E-state index in [2.05, 4.69) is 6.58 Å². The van der Waals surface area contributed by atoms with E-state index >= 15 is 0 Å². The standard InChI is InChI=1S/C14H16N2O3/c1-3-6-16(7-8-17)10-4-5-11-12(9-10)15(2)14(19)13(11)18/h3-5,9,17H,1,6-8H2,2H3. The Balaban J connectivity index is 2.38. The maximum atomic E-state index is 11.7. The number of hydrogen-bond acceptors (Lipinski definition) is 4. The van der Waals surface area contributed by atoms with Crippen LogP contribution in [0.4, 0.5) is 11.4 Å². The fraction of sp³-hybridized carbons (Fsp3) is 0.286. The zero-order chi connectivity index (χ0) is 14.0. The van der Waals surface area contributed by atoms with Gasteiger partial charge in [-0.05, 0) is 18.2 Å². The van der Waals surface area contributed by atoms with Crippen molar-refractivity contribution in [2.45, 2.75) is 0 Å². The van der Waals surface area contributed by atoms with Crippen LogP contribution in [0.25, 0.3) is 0 Å². The minimum Gasteiger partial charge on any atom is -0.395 e. The van der Waals surface area contributed by atoms with Gasteiger partial charge in [0, 0.05) is 25.8 Å². The summed E-state index contributed by atoms with van der Waals surface area (Å²) < 4.78 is 0. The highest BCUT2D eigenvalue weighted by molar-refractivity contribution is 6.52. The molecule has 0 aliphatic carbocycles. The van der Waals surface area contributed by atoms with Gasteiger partial charge in [0.05, 0.1) is 17.9 Å². The van der Waals surface area contributed by atoms with E-state index in [1.165, 1.54) is 4.90 Å². The van der Waals surface area contributed by atoms with Crippen LogP contribution in [-0.2, 0) is 4.79 Å². The molecule has 1 aromatic carbocycles. The van der Waals surface area contributed by atoms with Crippen LogP contribution in [0.3, 0.4) is 0 Å². The fourth-order valence-corrected chi connectivity index (χ4v) is 2.17. The average molecular weight is 260 g/mol. The zero-order valence-corrected chi connectivity index (χ0v) is 10.8. The number of nitrogens with zero attached hydrogens (tertiary/aromatic N) is 2. The van der Waals surface area contributed by atoms with Crippen LogP contribution >= 0.6 is 0 Å². The van der Waals surface area contributed by atoms with E-state index in [0.717, 1.165) is 5.69 Å². The molecule has 100 valence electrons. The van der Waals surface area contributed by atoms with Crippen LogP contribution in [0.1, 0.15) is 10.4 Å². The molecule has 1 aliphatic heterocycles. The van der Waals surface area contributed by atoms with Gasteiger partial charge in [0.2, 0.25) is 0 Å². The summed E-state index contributed by atoms with van der Waals surface area (Å²) in [5.41, 5.74) is 1.89. The molecule has 1 aromatic rings. The SMILES string of the molecule is C=CCN(CCO)c1ccc2c(c1)N(C)C(=O)C2=O. The first-order valence-electron chi connectivity index (χ1n) is 6.03. The summed E-state index contributed by atoms with van der Waals surface area (Å²) in [6.07, 6.45) is 1.74. The number of amides is 1. The third-order valence-corrected chi connectivity index (χ3v) is 3.17. The van der Waals surface area contributed by atoms with E-state index in [9.17, 15) is 9.59 Å². The molecule has 1 aliphatic rings. The Kier molecular flexibility index (Phi) is 3.66. The van der Waals surface area contributed by atoms with E-state index in [4.69, 9.17) is 5.11 Å². The Morgan fingerprint density at radius 2 is 2.16 bits per heavy atom. The third-order valence-electron chi connectivity index (χ3n) is 3.17. The first-order valence-corrected chi connectivity index (χ1v) is 6.03. The highest BCUT2D eigenvalue weighted by Gasteiger charge is 2.33. The second-order valence-corrected chi connectivity index (χ2v) is 4.35. The molecule has 0 saturated heterocycles. The molecule has 5 nitrogen and oxygen atoms in total. The lowest BCUT2D eigenvalue weighted by molar-refractivity contribution is -0.114.